The van der Waals surface area contributed by atoms with E-state index in [-0.39, 0.29) is 16.8 Å². The lowest BCUT2D eigenvalue weighted by atomic mass is 9.88. The van der Waals surface area contributed by atoms with Crippen LogP contribution in [0.15, 0.2) is 23.1 Å². The van der Waals surface area contributed by atoms with Gasteiger partial charge in [0.1, 0.15) is 0 Å². The third-order valence-corrected chi connectivity index (χ3v) is 3.95. The van der Waals surface area contributed by atoms with E-state index < -0.39 is 0 Å². The molecule has 1 heterocycles. The smallest absolute Gasteiger partial charge is 0.251 e. The summed E-state index contributed by atoms with van der Waals surface area (Å²) in [6.45, 7) is 0.583. The van der Waals surface area contributed by atoms with Crippen LogP contribution in [0.3, 0.4) is 0 Å². The molecule has 1 fully saturated rings. The van der Waals surface area contributed by atoms with E-state index in [0.717, 1.165) is 12.8 Å². The molecular formula is C13H17ClN2O2. The van der Waals surface area contributed by atoms with Gasteiger partial charge in [-0.1, -0.05) is 12.8 Å². The molecule has 0 aliphatic heterocycles. The van der Waals surface area contributed by atoms with Gasteiger partial charge in [-0.05, 0) is 24.8 Å². The van der Waals surface area contributed by atoms with Crippen molar-refractivity contribution in [1.82, 2.24) is 10.3 Å². The number of nitrogens with one attached hydrogen (secondary N) is 2. The molecule has 1 aliphatic carbocycles. The molecule has 2 atom stereocenters. The number of H-pyrrole nitrogens is 1. The van der Waals surface area contributed by atoms with Crippen molar-refractivity contribution < 1.29 is 4.79 Å². The van der Waals surface area contributed by atoms with Crippen molar-refractivity contribution in [3.8, 4) is 0 Å². The molecule has 0 radical (unpaired) electrons. The number of pyridine rings is 1. The molecule has 1 saturated carbocycles. The first-order chi connectivity index (χ1) is 8.66. The average molecular weight is 269 g/mol. The lowest BCUT2D eigenvalue weighted by Gasteiger charge is -2.27. The lowest BCUT2D eigenvalue weighted by molar-refractivity contribution is 0.0944. The van der Waals surface area contributed by atoms with Crippen LogP contribution < -0.4 is 10.9 Å². The Morgan fingerprint density at radius 1 is 1.44 bits per heavy atom. The number of halogens is 1. The van der Waals surface area contributed by atoms with Gasteiger partial charge in [0, 0.05) is 29.7 Å². The molecule has 0 saturated heterocycles. The first kappa shape index (κ1) is 13.1. The third-order valence-electron chi connectivity index (χ3n) is 3.38. The molecule has 0 aromatic carbocycles. The Kier molecular flexibility index (Phi) is 4.42. The van der Waals surface area contributed by atoms with Crippen LogP contribution >= 0.6 is 11.6 Å². The minimum atomic E-state index is -0.268. The van der Waals surface area contributed by atoms with E-state index in [2.05, 4.69) is 10.3 Å². The van der Waals surface area contributed by atoms with Crippen LogP contribution in [0.4, 0.5) is 0 Å². The Labute approximate surface area is 111 Å². The maximum atomic E-state index is 11.8. The van der Waals surface area contributed by atoms with Crippen LogP contribution in [-0.4, -0.2) is 22.8 Å². The molecule has 4 nitrogen and oxygen atoms in total. The van der Waals surface area contributed by atoms with Crippen LogP contribution in [0.1, 0.15) is 36.0 Å². The monoisotopic (exact) mass is 268 g/mol. The number of aromatic amines is 1. The fraction of sp³-hybridized carbons (Fsp3) is 0.538. The van der Waals surface area contributed by atoms with Gasteiger partial charge in [0.15, 0.2) is 0 Å². The number of rotatable bonds is 3. The van der Waals surface area contributed by atoms with E-state index >= 15 is 0 Å². The molecule has 1 aromatic heterocycles. The summed E-state index contributed by atoms with van der Waals surface area (Å²) in [7, 11) is 0. The second-order valence-electron chi connectivity index (χ2n) is 4.71. The summed E-state index contributed by atoms with van der Waals surface area (Å²) in [4.78, 5) is 25.4. The summed E-state index contributed by atoms with van der Waals surface area (Å²) in [5.74, 6) is 0.127. The normalized spacial score (nSPS) is 23.6. The van der Waals surface area contributed by atoms with Crippen LogP contribution in [0.5, 0.6) is 0 Å². The number of amides is 1. The topological polar surface area (TPSA) is 62.0 Å². The highest BCUT2D eigenvalue weighted by atomic mass is 35.5. The molecule has 5 heteroatoms. The zero-order valence-corrected chi connectivity index (χ0v) is 10.9. The predicted molar refractivity (Wildman–Crippen MR) is 71.0 cm³/mol. The van der Waals surface area contributed by atoms with Crippen LogP contribution in [0.2, 0.25) is 0 Å². The van der Waals surface area contributed by atoms with Gasteiger partial charge in [-0.3, -0.25) is 9.59 Å². The molecule has 1 aromatic rings. The van der Waals surface area contributed by atoms with E-state index in [4.69, 9.17) is 11.6 Å². The van der Waals surface area contributed by atoms with Gasteiger partial charge in [0.25, 0.3) is 5.91 Å². The second-order valence-corrected chi connectivity index (χ2v) is 5.27. The lowest BCUT2D eigenvalue weighted by Crippen LogP contribution is -2.35. The highest BCUT2D eigenvalue weighted by Crippen LogP contribution is 2.27. The van der Waals surface area contributed by atoms with Crippen molar-refractivity contribution in [3.05, 3.63) is 34.2 Å². The number of alkyl halides is 1. The Morgan fingerprint density at radius 2 is 2.22 bits per heavy atom. The minimum absolute atomic E-state index is 0.151. The van der Waals surface area contributed by atoms with Crippen LogP contribution in [0, 0.1) is 5.92 Å². The van der Waals surface area contributed by atoms with E-state index in [0.29, 0.717) is 18.0 Å². The first-order valence-electron chi connectivity index (χ1n) is 6.28. The summed E-state index contributed by atoms with van der Waals surface area (Å²) in [6, 6.07) is 2.89. The van der Waals surface area contributed by atoms with E-state index in [1.807, 2.05) is 0 Å². The average Bonchev–Trinajstić information content (AvgIpc) is 2.37. The van der Waals surface area contributed by atoms with Gasteiger partial charge in [-0.2, -0.15) is 0 Å². The molecule has 1 aliphatic rings. The van der Waals surface area contributed by atoms with Crippen LogP contribution in [0.25, 0.3) is 0 Å². The maximum absolute atomic E-state index is 11.8. The summed E-state index contributed by atoms with van der Waals surface area (Å²) >= 11 is 6.23. The summed E-state index contributed by atoms with van der Waals surface area (Å²) in [6.07, 6.45) is 5.90. The predicted octanol–water partition coefficient (Wildman–Crippen LogP) is 1.90. The zero-order valence-electron chi connectivity index (χ0n) is 10.1. The van der Waals surface area contributed by atoms with Crippen molar-refractivity contribution >= 4 is 17.5 Å². The minimum Gasteiger partial charge on any atom is -0.352 e. The Hall–Kier alpha value is -1.29. The van der Waals surface area contributed by atoms with Gasteiger partial charge in [0.05, 0.1) is 0 Å². The van der Waals surface area contributed by atoms with Crippen molar-refractivity contribution in [1.29, 1.82) is 0 Å². The van der Waals surface area contributed by atoms with Crippen molar-refractivity contribution in [2.75, 3.05) is 6.54 Å². The highest BCUT2D eigenvalue weighted by Gasteiger charge is 2.23. The standard InChI is InChI=1S/C13H17ClN2O2/c14-11-4-2-1-3-10(11)8-16-13(18)9-5-6-15-12(17)7-9/h5-7,10-11H,1-4,8H2,(H,15,17)(H,16,18). The summed E-state index contributed by atoms with van der Waals surface area (Å²) in [5.41, 5.74) is 0.121. The highest BCUT2D eigenvalue weighted by molar-refractivity contribution is 6.20. The van der Waals surface area contributed by atoms with E-state index in [1.54, 1.807) is 6.07 Å². The van der Waals surface area contributed by atoms with Crippen molar-refractivity contribution in [2.45, 2.75) is 31.1 Å². The number of carbonyl (C=O) groups excluding carboxylic acids is 1. The fourth-order valence-corrected chi connectivity index (χ4v) is 2.67. The summed E-state index contributed by atoms with van der Waals surface area (Å²) < 4.78 is 0. The fourth-order valence-electron chi connectivity index (χ4n) is 2.30. The number of hydrogen-bond acceptors (Lipinski definition) is 2. The Balaban J connectivity index is 1.90. The van der Waals surface area contributed by atoms with Crippen molar-refractivity contribution in [3.63, 3.8) is 0 Å². The van der Waals surface area contributed by atoms with Gasteiger partial charge >= 0.3 is 0 Å². The molecule has 2 unspecified atom stereocenters. The van der Waals surface area contributed by atoms with Gasteiger partial charge in [0.2, 0.25) is 5.56 Å². The summed E-state index contributed by atoms with van der Waals surface area (Å²) in [5, 5.41) is 3.00. The zero-order chi connectivity index (χ0) is 13.0. The van der Waals surface area contributed by atoms with E-state index in [9.17, 15) is 9.59 Å². The number of carbonyl (C=O) groups is 1. The van der Waals surface area contributed by atoms with Gasteiger partial charge in [-0.25, -0.2) is 0 Å². The SMILES string of the molecule is O=C(NCC1CCCCC1Cl)c1cc[nH]c(=O)c1. The van der Waals surface area contributed by atoms with Crippen molar-refractivity contribution in [2.24, 2.45) is 5.92 Å². The Morgan fingerprint density at radius 3 is 2.94 bits per heavy atom. The molecule has 2 N–H and O–H groups in total. The Bertz CT molecular complexity index is 472. The molecule has 1 amide bonds. The first-order valence-corrected chi connectivity index (χ1v) is 6.71. The van der Waals surface area contributed by atoms with Gasteiger partial charge in [-0.15, -0.1) is 11.6 Å². The van der Waals surface area contributed by atoms with Gasteiger partial charge < -0.3 is 10.3 Å². The molecular weight excluding hydrogens is 252 g/mol. The molecule has 2 rings (SSSR count). The second kappa shape index (κ2) is 6.05. The molecule has 0 bridgehead atoms. The maximum Gasteiger partial charge on any atom is 0.251 e. The number of hydrogen-bond donors (Lipinski definition) is 2. The quantitative estimate of drug-likeness (QED) is 0.823. The van der Waals surface area contributed by atoms with E-state index in [1.165, 1.54) is 25.1 Å². The molecule has 18 heavy (non-hydrogen) atoms. The number of aromatic nitrogens is 1. The molecule has 0 spiro atoms. The third kappa shape index (κ3) is 3.35. The van der Waals surface area contributed by atoms with Crippen LogP contribution in [-0.2, 0) is 0 Å². The largest absolute Gasteiger partial charge is 0.352 e. The molecule has 98 valence electrons.